The van der Waals surface area contributed by atoms with Crippen molar-refractivity contribution in [3.05, 3.63) is 71.8 Å². The quantitative estimate of drug-likeness (QED) is 0.635. The molecule has 2 aromatic rings. The fourth-order valence-electron chi connectivity index (χ4n) is 3.61. The van der Waals surface area contributed by atoms with E-state index < -0.39 is 0 Å². The molecule has 0 spiro atoms. The number of hydrogen-bond acceptors (Lipinski definition) is 5. The van der Waals surface area contributed by atoms with Crippen LogP contribution in [0.15, 0.2) is 60.7 Å². The van der Waals surface area contributed by atoms with Crippen LogP contribution in [0.25, 0.3) is 0 Å². The summed E-state index contributed by atoms with van der Waals surface area (Å²) in [7, 11) is 0. The first-order chi connectivity index (χ1) is 14.5. The van der Waals surface area contributed by atoms with Gasteiger partial charge in [0.1, 0.15) is 12.7 Å². The van der Waals surface area contributed by atoms with Crippen LogP contribution in [0.1, 0.15) is 37.8 Å². The average molecular weight is 411 g/mol. The van der Waals surface area contributed by atoms with Gasteiger partial charge in [0, 0.05) is 13.5 Å². The van der Waals surface area contributed by atoms with Gasteiger partial charge >= 0.3 is 12.1 Å². The second kappa shape index (κ2) is 10.8. The molecule has 0 aliphatic carbocycles. The van der Waals surface area contributed by atoms with Gasteiger partial charge in [-0.25, -0.2) is 4.79 Å². The predicted octanol–water partition coefficient (Wildman–Crippen LogP) is 4.32. The van der Waals surface area contributed by atoms with E-state index in [-0.39, 0.29) is 37.0 Å². The third-order valence-electron chi connectivity index (χ3n) is 5.12. The van der Waals surface area contributed by atoms with Gasteiger partial charge in [-0.15, -0.1) is 0 Å². The average Bonchev–Trinajstić information content (AvgIpc) is 2.75. The molecule has 0 bridgehead atoms. The minimum atomic E-state index is -0.374. The van der Waals surface area contributed by atoms with Crippen molar-refractivity contribution in [2.45, 2.75) is 58.2 Å². The van der Waals surface area contributed by atoms with E-state index in [1.165, 1.54) is 6.92 Å². The molecule has 1 aliphatic rings. The van der Waals surface area contributed by atoms with Crippen molar-refractivity contribution in [2.75, 3.05) is 6.54 Å². The largest absolute Gasteiger partial charge is 0.460 e. The van der Waals surface area contributed by atoms with E-state index in [4.69, 9.17) is 14.2 Å². The summed E-state index contributed by atoms with van der Waals surface area (Å²) in [6.07, 6.45) is 0.446. The zero-order valence-electron chi connectivity index (χ0n) is 17.5. The molecular weight excluding hydrogens is 382 g/mol. The Morgan fingerprint density at radius 2 is 1.63 bits per heavy atom. The maximum absolute atomic E-state index is 12.9. The monoisotopic (exact) mass is 411 g/mol. The Hall–Kier alpha value is -2.86. The summed E-state index contributed by atoms with van der Waals surface area (Å²) in [4.78, 5) is 25.8. The Kier molecular flexibility index (Phi) is 7.85. The molecule has 1 fully saturated rings. The van der Waals surface area contributed by atoms with Crippen molar-refractivity contribution < 1.29 is 23.8 Å². The van der Waals surface area contributed by atoms with Crippen LogP contribution >= 0.6 is 0 Å². The molecule has 3 atom stereocenters. The highest BCUT2D eigenvalue weighted by Gasteiger charge is 2.32. The molecule has 1 amide bonds. The van der Waals surface area contributed by atoms with E-state index in [1.54, 1.807) is 4.90 Å². The first kappa shape index (κ1) is 21.8. The molecule has 3 rings (SSSR count). The number of amides is 1. The molecule has 3 unspecified atom stereocenters. The van der Waals surface area contributed by atoms with Crippen molar-refractivity contribution in [1.82, 2.24) is 4.90 Å². The normalized spacial score (nSPS) is 20.9. The van der Waals surface area contributed by atoms with Gasteiger partial charge in [0.15, 0.2) is 0 Å². The fraction of sp³-hybridized carbons (Fsp3) is 0.417. The maximum atomic E-state index is 12.9. The molecule has 1 aliphatic heterocycles. The Labute approximate surface area is 177 Å². The number of nitrogens with zero attached hydrogens (tertiary/aromatic N) is 1. The number of carbonyl (C=O) groups excluding carboxylic acids is 2. The summed E-state index contributed by atoms with van der Waals surface area (Å²) >= 11 is 0. The highest BCUT2D eigenvalue weighted by Crippen LogP contribution is 2.24. The van der Waals surface area contributed by atoms with Gasteiger partial charge in [-0.3, -0.25) is 4.79 Å². The zero-order valence-corrected chi connectivity index (χ0v) is 17.5. The number of rotatable bonds is 7. The van der Waals surface area contributed by atoms with Crippen LogP contribution < -0.4 is 0 Å². The van der Waals surface area contributed by atoms with Crippen LogP contribution in [0.2, 0.25) is 0 Å². The van der Waals surface area contributed by atoms with Crippen LogP contribution in [-0.4, -0.2) is 41.8 Å². The summed E-state index contributed by atoms with van der Waals surface area (Å²) in [5.41, 5.74) is 1.97. The highest BCUT2D eigenvalue weighted by atomic mass is 16.6. The Balaban J connectivity index is 1.62. The summed E-state index contributed by atoms with van der Waals surface area (Å²) in [6, 6.07) is 19.4. The van der Waals surface area contributed by atoms with Crippen molar-refractivity contribution in [1.29, 1.82) is 0 Å². The molecule has 1 saturated heterocycles. The van der Waals surface area contributed by atoms with Gasteiger partial charge < -0.3 is 19.1 Å². The van der Waals surface area contributed by atoms with Crippen LogP contribution in [0.4, 0.5) is 4.79 Å². The molecule has 0 radical (unpaired) electrons. The van der Waals surface area contributed by atoms with Crippen molar-refractivity contribution in [3.8, 4) is 0 Å². The third kappa shape index (κ3) is 6.59. The summed E-state index contributed by atoms with van der Waals surface area (Å²) < 4.78 is 16.9. The van der Waals surface area contributed by atoms with Gasteiger partial charge in [0.25, 0.3) is 0 Å². The Morgan fingerprint density at radius 1 is 1.00 bits per heavy atom. The Morgan fingerprint density at radius 3 is 2.23 bits per heavy atom. The molecule has 2 aromatic carbocycles. The van der Waals surface area contributed by atoms with Crippen molar-refractivity contribution in [3.63, 3.8) is 0 Å². The van der Waals surface area contributed by atoms with E-state index in [1.807, 2.05) is 67.6 Å². The number of hydrogen-bond donors (Lipinski definition) is 0. The number of esters is 1. The molecular formula is C24H29NO5. The lowest BCUT2D eigenvalue weighted by Gasteiger charge is -2.36. The molecule has 0 N–H and O–H groups in total. The van der Waals surface area contributed by atoms with Gasteiger partial charge in [-0.1, -0.05) is 60.7 Å². The zero-order chi connectivity index (χ0) is 21.3. The van der Waals surface area contributed by atoms with Gasteiger partial charge in [0.2, 0.25) is 0 Å². The number of carbonyl (C=O) groups is 2. The van der Waals surface area contributed by atoms with Gasteiger partial charge in [-0.05, 0) is 30.9 Å². The molecule has 0 saturated carbocycles. The molecule has 6 nitrogen and oxygen atoms in total. The lowest BCUT2D eigenvalue weighted by Crippen LogP contribution is -2.45. The summed E-state index contributed by atoms with van der Waals surface area (Å²) in [6.45, 7) is 4.38. The molecule has 6 heteroatoms. The summed E-state index contributed by atoms with van der Waals surface area (Å²) in [5, 5.41) is 0. The van der Waals surface area contributed by atoms with Crippen LogP contribution in [0.5, 0.6) is 0 Å². The fourth-order valence-corrected chi connectivity index (χ4v) is 3.61. The lowest BCUT2D eigenvalue weighted by molar-refractivity contribution is -0.168. The second-order valence-electron chi connectivity index (χ2n) is 7.59. The second-order valence-corrected chi connectivity index (χ2v) is 7.59. The lowest BCUT2D eigenvalue weighted by atomic mass is 10.0. The maximum Gasteiger partial charge on any atom is 0.410 e. The molecule has 160 valence electrons. The molecule has 30 heavy (non-hydrogen) atoms. The van der Waals surface area contributed by atoms with Gasteiger partial charge in [-0.2, -0.15) is 0 Å². The molecule has 1 heterocycles. The first-order valence-electron chi connectivity index (χ1n) is 10.3. The standard InChI is InChI=1S/C24H29NO5/c1-18-23(30-19(2)26)14-13-22(29-18)16-25(15-20-9-5-3-6-10-20)24(27)28-17-21-11-7-4-8-12-21/h3-12,18,22-23H,13-17H2,1-2H3. The van der Waals surface area contributed by atoms with Gasteiger partial charge in [0.05, 0.1) is 18.8 Å². The third-order valence-corrected chi connectivity index (χ3v) is 5.12. The van der Waals surface area contributed by atoms with Crippen LogP contribution in [0, 0.1) is 0 Å². The minimum Gasteiger partial charge on any atom is -0.460 e. The number of benzene rings is 2. The Bertz CT molecular complexity index is 811. The van der Waals surface area contributed by atoms with E-state index in [0.29, 0.717) is 25.9 Å². The van der Waals surface area contributed by atoms with E-state index in [0.717, 1.165) is 11.1 Å². The predicted molar refractivity (Wildman–Crippen MR) is 113 cm³/mol. The van der Waals surface area contributed by atoms with Crippen LogP contribution in [-0.2, 0) is 32.2 Å². The minimum absolute atomic E-state index is 0.139. The highest BCUT2D eigenvalue weighted by molar-refractivity contribution is 5.68. The van der Waals surface area contributed by atoms with Crippen molar-refractivity contribution >= 4 is 12.1 Å². The topological polar surface area (TPSA) is 65.1 Å². The van der Waals surface area contributed by atoms with E-state index in [9.17, 15) is 9.59 Å². The smallest absolute Gasteiger partial charge is 0.410 e. The van der Waals surface area contributed by atoms with E-state index in [2.05, 4.69) is 0 Å². The van der Waals surface area contributed by atoms with Crippen LogP contribution in [0.3, 0.4) is 0 Å². The molecule has 0 aromatic heterocycles. The number of ether oxygens (including phenoxy) is 3. The van der Waals surface area contributed by atoms with E-state index >= 15 is 0 Å². The summed E-state index contributed by atoms with van der Waals surface area (Å²) in [5.74, 6) is -0.302. The SMILES string of the molecule is CC(=O)OC1CCC(CN(Cc2ccccc2)C(=O)OCc2ccccc2)OC1C. The van der Waals surface area contributed by atoms with Crippen molar-refractivity contribution in [2.24, 2.45) is 0 Å². The first-order valence-corrected chi connectivity index (χ1v) is 10.3.